The molecular weight excluding hydrogens is 360 g/mol. The Labute approximate surface area is 174 Å². The van der Waals surface area contributed by atoms with E-state index in [0.717, 1.165) is 41.9 Å². The van der Waals surface area contributed by atoms with Crippen molar-refractivity contribution in [3.8, 4) is 16.9 Å². The zero-order valence-electron chi connectivity index (χ0n) is 17.7. The number of ether oxygens (including phenoxy) is 1. The summed E-state index contributed by atoms with van der Waals surface area (Å²) in [6.45, 7) is 5.03. The fourth-order valence-corrected chi connectivity index (χ4v) is 3.97. The molecule has 0 spiro atoms. The van der Waals surface area contributed by atoms with Crippen molar-refractivity contribution in [2.24, 2.45) is 11.8 Å². The van der Waals surface area contributed by atoms with Crippen LogP contribution >= 0.6 is 0 Å². The SMILES string of the molecule is CCCCCOc1ccc(-c2ccc(CC(=O)C3CCC(C)CC3=O)cc2)cc1. The number of hydrogen-bond donors (Lipinski definition) is 0. The Hall–Kier alpha value is -2.42. The van der Waals surface area contributed by atoms with Gasteiger partial charge >= 0.3 is 0 Å². The summed E-state index contributed by atoms with van der Waals surface area (Å²) in [4.78, 5) is 24.7. The average molecular weight is 393 g/mol. The number of carbonyl (C=O) groups is 2. The predicted octanol–water partition coefficient (Wildman–Crippen LogP) is 6.04. The molecule has 0 aliphatic heterocycles. The molecule has 0 radical (unpaired) electrons. The van der Waals surface area contributed by atoms with Gasteiger partial charge in [0, 0.05) is 12.8 Å². The monoisotopic (exact) mass is 392 g/mol. The van der Waals surface area contributed by atoms with Gasteiger partial charge in [-0.2, -0.15) is 0 Å². The minimum Gasteiger partial charge on any atom is -0.494 e. The van der Waals surface area contributed by atoms with Crippen LogP contribution < -0.4 is 4.74 Å². The van der Waals surface area contributed by atoms with Gasteiger partial charge in [0.1, 0.15) is 17.3 Å². The number of unbranched alkanes of at least 4 members (excludes halogenated alkanes) is 2. The van der Waals surface area contributed by atoms with E-state index < -0.39 is 5.92 Å². The highest BCUT2D eigenvalue weighted by molar-refractivity contribution is 6.03. The molecule has 1 aliphatic carbocycles. The number of ketones is 2. The first-order chi connectivity index (χ1) is 14.1. The fourth-order valence-electron chi connectivity index (χ4n) is 3.97. The average Bonchev–Trinajstić information content (AvgIpc) is 2.72. The van der Waals surface area contributed by atoms with Crippen molar-refractivity contribution < 1.29 is 14.3 Å². The molecule has 2 atom stereocenters. The summed E-state index contributed by atoms with van der Waals surface area (Å²) in [6.07, 6.45) is 6.05. The lowest BCUT2D eigenvalue weighted by Gasteiger charge is -2.23. The van der Waals surface area contributed by atoms with Gasteiger partial charge in [0.05, 0.1) is 12.5 Å². The molecular formula is C26H32O3. The van der Waals surface area contributed by atoms with Gasteiger partial charge in [-0.1, -0.05) is 63.1 Å². The molecule has 2 unspecified atom stereocenters. The highest BCUT2D eigenvalue weighted by Crippen LogP contribution is 2.28. The summed E-state index contributed by atoms with van der Waals surface area (Å²) in [6, 6.07) is 16.2. The van der Waals surface area contributed by atoms with Gasteiger partial charge < -0.3 is 4.74 Å². The molecule has 0 aromatic heterocycles. The Morgan fingerprint density at radius 1 is 0.966 bits per heavy atom. The minimum absolute atomic E-state index is 0.0687. The lowest BCUT2D eigenvalue weighted by Crippen LogP contribution is -2.31. The van der Waals surface area contributed by atoms with Crippen LogP contribution in [0.5, 0.6) is 5.75 Å². The Kier molecular flexibility index (Phi) is 7.62. The van der Waals surface area contributed by atoms with Crippen LogP contribution in [0.15, 0.2) is 48.5 Å². The smallest absolute Gasteiger partial charge is 0.147 e. The third-order valence-electron chi connectivity index (χ3n) is 5.81. The lowest BCUT2D eigenvalue weighted by molar-refractivity contribution is -0.134. The highest BCUT2D eigenvalue weighted by Gasteiger charge is 2.31. The molecule has 3 heteroatoms. The summed E-state index contributed by atoms with van der Waals surface area (Å²) in [5.41, 5.74) is 3.21. The van der Waals surface area contributed by atoms with Crippen molar-refractivity contribution in [2.75, 3.05) is 6.61 Å². The first kappa shape index (κ1) is 21.3. The molecule has 0 saturated heterocycles. The van der Waals surface area contributed by atoms with Crippen LogP contribution in [0.4, 0.5) is 0 Å². The molecule has 2 aromatic carbocycles. The van der Waals surface area contributed by atoms with Crippen LogP contribution in [0.25, 0.3) is 11.1 Å². The minimum atomic E-state index is -0.393. The maximum absolute atomic E-state index is 12.6. The molecule has 1 aliphatic rings. The highest BCUT2D eigenvalue weighted by atomic mass is 16.5. The van der Waals surface area contributed by atoms with Crippen LogP contribution in [0.3, 0.4) is 0 Å². The molecule has 0 bridgehead atoms. The van der Waals surface area contributed by atoms with Crippen molar-refractivity contribution in [1.29, 1.82) is 0 Å². The number of Topliss-reactive ketones (excluding diaryl/α,β-unsaturated/α-hetero) is 2. The van der Waals surface area contributed by atoms with E-state index in [0.29, 0.717) is 25.2 Å². The molecule has 154 valence electrons. The third kappa shape index (κ3) is 6.03. The Bertz CT molecular complexity index is 805. The summed E-state index contributed by atoms with van der Waals surface area (Å²) in [7, 11) is 0. The van der Waals surface area contributed by atoms with E-state index in [4.69, 9.17) is 4.74 Å². The van der Waals surface area contributed by atoms with Crippen molar-refractivity contribution in [2.45, 2.75) is 58.8 Å². The van der Waals surface area contributed by atoms with Crippen molar-refractivity contribution >= 4 is 11.6 Å². The fraction of sp³-hybridized carbons (Fsp3) is 0.462. The topological polar surface area (TPSA) is 43.4 Å². The van der Waals surface area contributed by atoms with Gasteiger partial charge in [0.2, 0.25) is 0 Å². The standard InChI is InChI=1S/C26H32O3/c1-3-4-5-16-29-23-13-11-22(12-14-23)21-9-7-20(8-10-21)18-26(28)24-15-6-19(2)17-25(24)27/h7-14,19,24H,3-6,15-18H2,1-2H3. The summed E-state index contributed by atoms with van der Waals surface area (Å²) < 4.78 is 5.77. The number of hydrogen-bond acceptors (Lipinski definition) is 3. The zero-order chi connectivity index (χ0) is 20.6. The molecule has 0 heterocycles. The number of benzene rings is 2. The predicted molar refractivity (Wildman–Crippen MR) is 117 cm³/mol. The van der Waals surface area contributed by atoms with Gasteiger partial charge in [0.25, 0.3) is 0 Å². The molecule has 29 heavy (non-hydrogen) atoms. The van der Waals surface area contributed by atoms with Crippen LogP contribution in [-0.4, -0.2) is 18.2 Å². The van der Waals surface area contributed by atoms with Crippen LogP contribution in [0, 0.1) is 11.8 Å². The largest absolute Gasteiger partial charge is 0.494 e. The third-order valence-corrected chi connectivity index (χ3v) is 5.81. The van der Waals surface area contributed by atoms with Crippen LogP contribution in [0.1, 0.15) is 57.9 Å². The van der Waals surface area contributed by atoms with Crippen LogP contribution in [0.2, 0.25) is 0 Å². The molecule has 3 nitrogen and oxygen atoms in total. The summed E-state index contributed by atoms with van der Waals surface area (Å²) in [5.74, 6) is 1.12. The first-order valence-electron chi connectivity index (χ1n) is 10.9. The van der Waals surface area contributed by atoms with Gasteiger partial charge in [-0.25, -0.2) is 0 Å². The maximum Gasteiger partial charge on any atom is 0.147 e. The van der Waals surface area contributed by atoms with Crippen molar-refractivity contribution in [3.63, 3.8) is 0 Å². The first-order valence-corrected chi connectivity index (χ1v) is 10.9. The van der Waals surface area contributed by atoms with Gasteiger partial charge in [-0.15, -0.1) is 0 Å². The molecule has 0 N–H and O–H groups in total. The molecule has 2 aromatic rings. The second-order valence-corrected chi connectivity index (χ2v) is 8.33. The zero-order valence-corrected chi connectivity index (χ0v) is 17.7. The summed E-state index contributed by atoms with van der Waals surface area (Å²) in [5, 5.41) is 0. The van der Waals surface area contributed by atoms with E-state index in [-0.39, 0.29) is 11.6 Å². The van der Waals surface area contributed by atoms with Crippen molar-refractivity contribution in [3.05, 3.63) is 54.1 Å². The number of rotatable bonds is 9. The Balaban J connectivity index is 1.55. The number of carbonyl (C=O) groups excluding carboxylic acids is 2. The molecule has 1 saturated carbocycles. The molecule has 3 rings (SSSR count). The van der Waals surface area contributed by atoms with Gasteiger partial charge in [-0.3, -0.25) is 9.59 Å². The van der Waals surface area contributed by atoms with E-state index in [2.05, 4.69) is 26.0 Å². The Morgan fingerprint density at radius 3 is 2.24 bits per heavy atom. The normalized spacial score (nSPS) is 19.2. The van der Waals surface area contributed by atoms with E-state index in [1.54, 1.807) is 0 Å². The quantitative estimate of drug-likeness (QED) is 0.386. The maximum atomic E-state index is 12.6. The second-order valence-electron chi connectivity index (χ2n) is 8.33. The van der Waals surface area contributed by atoms with E-state index >= 15 is 0 Å². The van der Waals surface area contributed by atoms with Crippen molar-refractivity contribution in [1.82, 2.24) is 0 Å². The summed E-state index contributed by atoms with van der Waals surface area (Å²) >= 11 is 0. The Morgan fingerprint density at radius 2 is 1.62 bits per heavy atom. The second kappa shape index (κ2) is 10.4. The van der Waals surface area contributed by atoms with Gasteiger partial charge in [-0.05, 0) is 54.0 Å². The van der Waals surface area contributed by atoms with Crippen LogP contribution in [-0.2, 0) is 16.0 Å². The van der Waals surface area contributed by atoms with E-state index in [1.807, 2.05) is 36.4 Å². The van der Waals surface area contributed by atoms with E-state index in [9.17, 15) is 9.59 Å². The molecule has 1 fully saturated rings. The molecule has 0 amide bonds. The van der Waals surface area contributed by atoms with E-state index in [1.165, 1.54) is 12.8 Å². The lowest BCUT2D eigenvalue weighted by atomic mass is 9.78. The van der Waals surface area contributed by atoms with Gasteiger partial charge in [0.15, 0.2) is 0 Å².